The second kappa shape index (κ2) is 8.62. The SMILES string of the molecule is NS(=O)(=O)CC(SCc1ccccc1)SCc1ccccc1. The average Bonchev–Trinajstić information content (AvgIpc) is 2.51. The molecular weight excluding hydrogens is 334 g/mol. The first kappa shape index (κ1) is 17.4. The van der Waals surface area contributed by atoms with Crippen molar-refractivity contribution in [2.45, 2.75) is 16.1 Å². The van der Waals surface area contributed by atoms with E-state index >= 15 is 0 Å². The van der Waals surface area contributed by atoms with Crippen LogP contribution in [0.5, 0.6) is 0 Å². The second-order valence-electron chi connectivity index (χ2n) is 4.85. The highest BCUT2D eigenvalue weighted by Gasteiger charge is 2.17. The van der Waals surface area contributed by atoms with Crippen LogP contribution in [0.15, 0.2) is 60.7 Å². The minimum Gasteiger partial charge on any atom is -0.229 e. The smallest absolute Gasteiger partial charge is 0.211 e. The molecule has 3 nitrogen and oxygen atoms in total. The first-order chi connectivity index (χ1) is 10.5. The number of sulfonamides is 1. The highest BCUT2D eigenvalue weighted by Crippen LogP contribution is 2.30. The van der Waals surface area contributed by atoms with Gasteiger partial charge in [-0.15, -0.1) is 23.5 Å². The van der Waals surface area contributed by atoms with E-state index in [-0.39, 0.29) is 10.3 Å². The van der Waals surface area contributed by atoms with Crippen molar-refractivity contribution in [2.24, 2.45) is 5.14 Å². The maximum atomic E-state index is 11.4. The van der Waals surface area contributed by atoms with Crippen LogP contribution in [0, 0.1) is 0 Å². The maximum absolute atomic E-state index is 11.4. The van der Waals surface area contributed by atoms with Crippen molar-refractivity contribution < 1.29 is 8.42 Å². The van der Waals surface area contributed by atoms with Gasteiger partial charge in [0.25, 0.3) is 0 Å². The molecule has 2 aromatic carbocycles. The Morgan fingerprint density at radius 3 is 1.59 bits per heavy atom. The standard InChI is InChI=1S/C16H19NO2S3/c17-22(18,19)13-16(20-11-14-7-3-1-4-8-14)21-12-15-9-5-2-6-10-15/h1-10,16H,11-13H2,(H2,17,18,19). The van der Waals surface area contributed by atoms with Crippen molar-refractivity contribution in [3.8, 4) is 0 Å². The van der Waals surface area contributed by atoms with Gasteiger partial charge in [0.2, 0.25) is 10.0 Å². The number of hydrogen-bond acceptors (Lipinski definition) is 4. The molecule has 0 fully saturated rings. The van der Waals surface area contributed by atoms with E-state index in [0.717, 1.165) is 11.5 Å². The van der Waals surface area contributed by atoms with Gasteiger partial charge >= 0.3 is 0 Å². The van der Waals surface area contributed by atoms with E-state index in [1.54, 1.807) is 23.5 Å². The molecule has 0 saturated carbocycles. The molecule has 6 heteroatoms. The van der Waals surface area contributed by atoms with E-state index in [2.05, 4.69) is 0 Å². The van der Waals surface area contributed by atoms with Crippen molar-refractivity contribution in [3.05, 3.63) is 71.8 Å². The highest BCUT2D eigenvalue weighted by molar-refractivity contribution is 8.17. The van der Waals surface area contributed by atoms with Gasteiger partial charge in [-0.25, -0.2) is 13.6 Å². The van der Waals surface area contributed by atoms with Gasteiger partial charge in [0, 0.05) is 11.5 Å². The number of benzene rings is 2. The molecule has 2 rings (SSSR count). The molecule has 0 atom stereocenters. The number of thioether (sulfide) groups is 2. The molecule has 0 heterocycles. The van der Waals surface area contributed by atoms with Crippen LogP contribution in [-0.2, 0) is 21.5 Å². The van der Waals surface area contributed by atoms with Crippen LogP contribution in [0.25, 0.3) is 0 Å². The summed E-state index contributed by atoms with van der Waals surface area (Å²) >= 11 is 3.25. The van der Waals surface area contributed by atoms with Crippen LogP contribution < -0.4 is 5.14 Å². The molecule has 0 aliphatic heterocycles. The van der Waals surface area contributed by atoms with Crippen molar-refractivity contribution in [2.75, 3.05) is 5.75 Å². The van der Waals surface area contributed by atoms with Crippen LogP contribution in [0.1, 0.15) is 11.1 Å². The van der Waals surface area contributed by atoms with E-state index in [9.17, 15) is 8.42 Å². The molecular formula is C16H19NO2S3. The summed E-state index contributed by atoms with van der Waals surface area (Å²) < 4.78 is 22.8. The van der Waals surface area contributed by atoms with E-state index < -0.39 is 10.0 Å². The lowest BCUT2D eigenvalue weighted by atomic mass is 10.2. The Bertz CT molecular complexity index is 617. The summed E-state index contributed by atoms with van der Waals surface area (Å²) in [6.07, 6.45) is 0. The lowest BCUT2D eigenvalue weighted by Gasteiger charge is -2.15. The van der Waals surface area contributed by atoms with Crippen LogP contribution in [0.4, 0.5) is 0 Å². The molecule has 0 amide bonds. The van der Waals surface area contributed by atoms with Gasteiger partial charge in [-0.05, 0) is 11.1 Å². The zero-order valence-corrected chi connectivity index (χ0v) is 14.5. The van der Waals surface area contributed by atoms with Crippen LogP contribution in [0.3, 0.4) is 0 Å². The molecule has 0 aromatic heterocycles. The molecule has 0 unspecified atom stereocenters. The predicted octanol–water partition coefficient (Wildman–Crippen LogP) is 3.47. The van der Waals surface area contributed by atoms with Crippen LogP contribution in [0.2, 0.25) is 0 Å². The van der Waals surface area contributed by atoms with Gasteiger partial charge in [0.1, 0.15) is 0 Å². The van der Waals surface area contributed by atoms with Gasteiger partial charge in [0.05, 0.1) is 10.3 Å². The quantitative estimate of drug-likeness (QED) is 0.738. The summed E-state index contributed by atoms with van der Waals surface area (Å²) in [5.74, 6) is 1.55. The Morgan fingerprint density at radius 1 is 0.818 bits per heavy atom. The van der Waals surface area contributed by atoms with Gasteiger partial charge in [0.15, 0.2) is 0 Å². The minimum atomic E-state index is -3.47. The summed E-state index contributed by atoms with van der Waals surface area (Å²) in [5, 5.41) is 5.22. The molecule has 0 radical (unpaired) electrons. The highest BCUT2D eigenvalue weighted by atomic mass is 32.2. The molecule has 0 spiro atoms. The predicted molar refractivity (Wildman–Crippen MR) is 97.2 cm³/mol. The summed E-state index contributed by atoms with van der Waals surface area (Å²) in [7, 11) is -3.47. The summed E-state index contributed by atoms with van der Waals surface area (Å²) in [6.45, 7) is 0. The lowest BCUT2D eigenvalue weighted by molar-refractivity contribution is 0.598. The van der Waals surface area contributed by atoms with Gasteiger partial charge in [-0.1, -0.05) is 60.7 Å². The summed E-state index contributed by atoms with van der Waals surface area (Å²) in [5.41, 5.74) is 2.37. The monoisotopic (exact) mass is 353 g/mol. The molecule has 118 valence electrons. The fourth-order valence-corrected chi connectivity index (χ4v) is 6.08. The maximum Gasteiger partial charge on any atom is 0.211 e. The van der Waals surface area contributed by atoms with Gasteiger partial charge in [-0.2, -0.15) is 0 Å². The van der Waals surface area contributed by atoms with Crippen molar-refractivity contribution in [1.82, 2.24) is 0 Å². The van der Waals surface area contributed by atoms with Crippen molar-refractivity contribution in [1.29, 1.82) is 0 Å². The largest absolute Gasteiger partial charge is 0.229 e. The number of nitrogens with two attached hydrogens (primary N) is 1. The van der Waals surface area contributed by atoms with E-state index in [0.29, 0.717) is 0 Å². The number of rotatable bonds is 8. The Hall–Kier alpha value is -0.950. The topological polar surface area (TPSA) is 60.2 Å². The first-order valence-corrected chi connectivity index (χ1v) is 10.7. The zero-order chi connectivity index (χ0) is 15.8. The molecule has 0 saturated heterocycles. The third-order valence-electron chi connectivity index (χ3n) is 2.93. The summed E-state index contributed by atoms with van der Waals surface area (Å²) in [6, 6.07) is 20.1. The van der Waals surface area contributed by atoms with Crippen molar-refractivity contribution >= 4 is 33.5 Å². The van der Waals surface area contributed by atoms with E-state index in [1.807, 2.05) is 60.7 Å². The van der Waals surface area contributed by atoms with Crippen molar-refractivity contribution in [3.63, 3.8) is 0 Å². The Balaban J connectivity index is 1.93. The second-order valence-corrected chi connectivity index (χ2v) is 9.19. The number of hydrogen-bond donors (Lipinski definition) is 1. The Kier molecular flexibility index (Phi) is 6.82. The van der Waals surface area contributed by atoms with E-state index in [1.165, 1.54) is 11.1 Å². The minimum absolute atomic E-state index is 0.0119. The van der Waals surface area contributed by atoms with Gasteiger partial charge in [-0.3, -0.25) is 0 Å². The Morgan fingerprint density at radius 2 is 1.23 bits per heavy atom. The van der Waals surface area contributed by atoms with Crippen LogP contribution in [-0.4, -0.2) is 18.8 Å². The molecule has 2 N–H and O–H groups in total. The zero-order valence-electron chi connectivity index (χ0n) is 12.1. The fourth-order valence-electron chi connectivity index (χ4n) is 1.86. The normalized spacial score (nSPS) is 11.7. The van der Waals surface area contributed by atoms with Crippen LogP contribution >= 0.6 is 23.5 Å². The molecule has 0 aliphatic rings. The first-order valence-electron chi connectivity index (χ1n) is 6.84. The fraction of sp³-hybridized carbons (Fsp3) is 0.250. The molecule has 22 heavy (non-hydrogen) atoms. The third kappa shape index (κ3) is 6.87. The molecule has 0 bridgehead atoms. The third-order valence-corrected chi connectivity index (χ3v) is 7.04. The van der Waals surface area contributed by atoms with E-state index in [4.69, 9.17) is 5.14 Å². The number of primary sulfonamides is 1. The van der Waals surface area contributed by atoms with Gasteiger partial charge < -0.3 is 0 Å². The molecule has 0 aliphatic carbocycles. The Labute approximate surface area is 140 Å². The average molecular weight is 354 g/mol. The molecule has 2 aromatic rings. The lowest BCUT2D eigenvalue weighted by Crippen LogP contribution is -2.23. The summed E-state index contributed by atoms with van der Waals surface area (Å²) in [4.78, 5) is 0.